The molecule has 1 aromatic carbocycles. The lowest BCUT2D eigenvalue weighted by Crippen LogP contribution is -2.39. The predicted molar refractivity (Wildman–Crippen MR) is 102 cm³/mol. The molecule has 2 heterocycles. The average Bonchev–Trinajstić information content (AvgIpc) is 2.75. The van der Waals surface area contributed by atoms with Crippen LogP contribution < -0.4 is 10.9 Å². The van der Waals surface area contributed by atoms with Gasteiger partial charge in [-0.1, -0.05) is 0 Å². The molecule has 0 spiro atoms. The Morgan fingerprint density at radius 1 is 1.12 bits per heavy atom. The smallest absolute Gasteiger partial charge is 0.394 e. The third-order valence-corrected chi connectivity index (χ3v) is 4.31. The first-order valence-corrected chi connectivity index (χ1v) is 9.06. The fourth-order valence-electron chi connectivity index (χ4n) is 2.63. The van der Waals surface area contributed by atoms with E-state index in [9.17, 15) is 31.5 Å². The van der Waals surface area contributed by atoms with Crippen molar-refractivity contribution in [2.45, 2.75) is 19.1 Å². The minimum absolute atomic E-state index is 0.112. The molecule has 2 N–H and O–H groups in total. The van der Waals surface area contributed by atoms with E-state index in [4.69, 9.17) is 5.11 Å². The number of benzene rings is 1. The van der Waals surface area contributed by atoms with E-state index in [0.29, 0.717) is 16.9 Å². The van der Waals surface area contributed by atoms with Gasteiger partial charge in [0.1, 0.15) is 11.3 Å². The zero-order valence-electron chi connectivity index (χ0n) is 16.3. The molecule has 0 radical (unpaired) electrons. The second kappa shape index (κ2) is 8.83. The number of carbonyl (C=O) groups excluding carboxylic acids is 1. The van der Waals surface area contributed by atoms with Crippen LogP contribution >= 0.6 is 0 Å². The van der Waals surface area contributed by atoms with Crippen molar-refractivity contribution in [1.29, 1.82) is 0 Å². The average molecular weight is 454 g/mol. The summed E-state index contributed by atoms with van der Waals surface area (Å²) < 4.78 is 66.1. The topological polar surface area (TPSA) is 97.1 Å². The molecule has 168 valence electrons. The van der Waals surface area contributed by atoms with E-state index in [2.05, 4.69) is 15.4 Å². The van der Waals surface area contributed by atoms with E-state index in [0.717, 1.165) is 30.3 Å². The van der Waals surface area contributed by atoms with Crippen molar-refractivity contribution in [3.63, 3.8) is 0 Å². The van der Waals surface area contributed by atoms with Crippen LogP contribution in [0.1, 0.15) is 22.8 Å². The van der Waals surface area contributed by atoms with Gasteiger partial charge in [0.05, 0.1) is 23.6 Å². The van der Waals surface area contributed by atoms with Crippen LogP contribution in [0.4, 0.5) is 22.0 Å². The highest BCUT2D eigenvalue weighted by Gasteiger charge is 2.31. The summed E-state index contributed by atoms with van der Waals surface area (Å²) in [6.45, 7) is 1.03. The maximum Gasteiger partial charge on any atom is 0.417 e. The summed E-state index contributed by atoms with van der Waals surface area (Å²) in [5.41, 5.74) is -3.05. The van der Waals surface area contributed by atoms with Gasteiger partial charge in [-0.2, -0.15) is 23.0 Å². The SMILES string of the molecule is C[C@@H](CO)NC(=O)c1cc(-c2ccc(C(F)(F)F)cn2)nn(-c2ccc(F)c(F)c2)c1=O. The summed E-state index contributed by atoms with van der Waals surface area (Å²) in [7, 11) is 0. The monoisotopic (exact) mass is 454 g/mol. The first-order chi connectivity index (χ1) is 15.0. The lowest BCUT2D eigenvalue weighted by molar-refractivity contribution is -0.137. The van der Waals surface area contributed by atoms with E-state index in [1.807, 2.05) is 0 Å². The Morgan fingerprint density at radius 3 is 2.41 bits per heavy atom. The molecule has 0 saturated heterocycles. The van der Waals surface area contributed by atoms with Crippen LogP contribution in [0.5, 0.6) is 0 Å². The van der Waals surface area contributed by atoms with Gasteiger partial charge in [-0.05, 0) is 37.3 Å². The Hall–Kier alpha value is -3.67. The number of hydrogen-bond acceptors (Lipinski definition) is 5. The number of alkyl halides is 3. The lowest BCUT2D eigenvalue weighted by Gasteiger charge is -2.14. The number of hydrogen-bond donors (Lipinski definition) is 2. The molecule has 0 aliphatic carbocycles. The number of nitrogens with one attached hydrogen (secondary N) is 1. The Morgan fingerprint density at radius 2 is 1.84 bits per heavy atom. The van der Waals surface area contributed by atoms with Gasteiger partial charge in [0.25, 0.3) is 11.5 Å². The number of aliphatic hydroxyl groups excluding tert-OH is 1. The molecule has 0 bridgehead atoms. The fourth-order valence-corrected chi connectivity index (χ4v) is 2.63. The summed E-state index contributed by atoms with van der Waals surface area (Å²) in [4.78, 5) is 29.1. The van der Waals surface area contributed by atoms with E-state index in [-0.39, 0.29) is 17.1 Å². The first-order valence-electron chi connectivity index (χ1n) is 9.06. The van der Waals surface area contributed by atoms with Crippen molar-refractivity contribution in [3.8, 4) is 17.1 Å². The van der Waals surface area contributed by atoms with Crippen LogP contribution in [0.15, 0.2) is 47.4 Å². The van der Waals surface area contributed by atoms with Crippen LogP contribution in [0.2, 0.25) is 0 Å². The molecule has 3 rings (SSSR count). The van der Waals surface area contributed by atoms with Gasteiger partial charge in [0, 0.05) is 18.3 Å². The maximum absolute atomic E-state index is 13.7. The number of amides is 1. The van der Waals surface area contributed by atoms with Crippen molar-refractivity contribution in [3.05, 3.63) is 75.7 Å². The molecule has 1 atom stereocenters. The Labute approximate surface area is 177 Å². The second-order valence-electron chi connectivity index (χ2n) is 6.75. The summed E-state index contributed by atoms with van der Waals surface area (Å²) in [6, 6.07) is 4.47. The van der Waals surface area contributed by atoms with Gasteiger partial charge in [-0.15, -0.1) is 0 Å². The number of aromatic nitrogens is 3. The maximum atomic E-state index is 13.7. The lowest BCUT2D eigenvalue weighted by atomic mass is 10.1. The van der Waals surface area contributed by atoms with Crippen LogP contribution in [-0.4, -0.2) is 38.4 Å². The molecule has 0 unspecified atom stereocenters. The molecule has 0 saturated carbocycles. The quantitative estimate of drug-likeness (QED) is 0.578. The normalized spacial score (nSPS) is 12.5. The fraction of sp³-hybridized carbons (Fsp3) is 0.200. The zero-order chi connectivity index (χ0) is 23.6. The Kier molecular flexibility index (Phi) is 6.35. The number of aliphatic hydroxyl groups is 1. The highest BCUT2D eigenvalue weighted by molar-refractivity contribution is 5.94. The number of rotatable bonds is 5. The minimum atomic E-state index is -4.63. The standard InChI is InChI=1S/C20H15F5N4O3/c1-10(9-30)27-18(31)13-7-17(16-5-2-11(8-26-16)20(23,24)25)28-29(19(13)32)12-3-4-14(21)15(22)6-12/h2-8,10,30H,9H2,1H3,(H,27,31)/t10-/m0/s1. The van der Waals surface area contributed by atoms with Crippen LogP contribution in [0.25, 0.3) is 17.1 Å². The first kappa shape index (κ1) is 23.0. The van der Waals surface area contributed by atoms with Crippen molar-refractivity contribution < 1.29 is 31.9 Å². The van der Waals surface area contributed by atoms with Crippen molar-refractivity contribution in [2.24, 2.45) is 0 Å². The van der Waals surface area contributed by atoms with Gasteiger partial charge in [-0.25, -0.2) is 8.78 Å². The van der Waals surface area contributed by atoms with Crippen LogP contribution in [-0.2, 0) is 6.18 Å². The van der Waals surface area contributed by atoms with Crippen LogP contribution in [0, 0.1) is 11.6 Å². The van der Waals surface area contributed by atoms with Crippen molar-refractivity contribution in [1.82, 2.24) is 20.1 Å². The van der Waals surface area contributed by atoms with Crippen molar-refractivity contribution >= 4 is 5.91 Å². The summed E-state index contributed by atoms with van der Waals surface area (Å²) in [6.07, 6.45) is -4.08. The molecule has 7 nitrogen and oxygen atoms in total. The van der Waals surface area contributed by atoms with Gasteiger partial charge >= 0.3 is 6.18 Å². The molecule has 12 heteroatoms. The molecular weight excluding hydrogens is 439 g/mol. The molecule has 0 aliphatic heterocycles. The second-order valence-corrected chi connectivity index (χ2v) is 6.75. The third-order valence-electron chi connectivity index (χ3n) is 4.31. The largest absolute Gasteiger partial charge is 0.417 e. The van der Waals surface area contributed by atoms with Gasteiger partial charge < -0.3 is 10.4 Å². The predicted octanol–water partition coefficient (Wildman–Crippen LogP) is 2.70. The van der Waals surface area contributed by atoms with Gasteiger partial charge in [0.2, 0.25) is 0 Å². The van der Waals surface area contributed by atoms with E-state index in [1.165, 1.54) is 6.92 Å². The summed E-state index contributed by atoms with van der Waals surface area (Å²) in [5, 5.41) is 15.4. The highest BCUT2D eigenvalue weighted by Crippen LogP contribution is 2.29. The number of halogens is 5. The van der Waals surface area contributed by atoms with Gasteiger partial charge in [-0.3, -0.25) is 14.6 Å². The number of nitrogens with zero attached hydrogens (tertiary/aromatic N) is 3. The molecule has 32 heavy (non-hydrogen) atoms. The third kappa shape index (κ3) is 4.80. The van der Waals surface area contributed by atoms with Gasteiger partial charge in [0.15, 0.2) is 11.6 Å². The summed E-state index contributed by atoms with van der Waals surface area (Å²) >= 11 is 0. The van der Waals surface area contributed by atoms with Crippen LogP contribution in [0.3, 0.4) is 0 Å². The Balaban J connectivity index is 2.19. The summed E-state index contributed by atoms with van der Waals surface area (Å²) in [5.74, 6) is -3.38. The molecular formula is C20H15F5N4O3. The molecule has 0 aliphatic rings. The highest BCUT2D eigenvalue weighted by atomic mass is 19.4. The number of pyridine rings is 1. The molecule has 3 aromatic rings. The zero-order valence-corrected chi connectivity index (χ0v) is 16.3. The van der Waals surface area contributed by atoms with Crippen molar-refractivity contribution in [2.75, 3.05) is 6.61 Å². The minimum Gasteiger partial charge on any atom is -0.394 e. The van der Waals surface area contributed by atoms with E-state index in [1.54, 1.807) is 0 Å². The molecule has 1 amide bonds. The van der Waals surface area contributed by atoms with E-state index >= 15 is 0 Å². The number of carbonyl (C=O) groups is 1. The molecule has 0 fully saturated rings. The Bertz CT molecular complexity index is 1210. The molecule has 2 aromatic heterocycles. The van der Waals surface area contributed by atoms with E-state index < -0.39 is 53.1 Å².